The lowest BCUT2D eigenvalue weighted by atomic mass is 10.2. The van der Waals surface area contributed by atoms with Crippen LogP contribution >= 0.6 is 0 Å². The van der Waals surface area contributed by atoms with E-state index in [1.54, 1.807) is 42.3 Å². The molecule has 2 aromatic carbocycles. The topological polar surface area (TPSA) is 69.0 Å². The summed E-state index contributed by atoms with van der Waals surface area (Å²) >= 11 is 0. The number of carbonyl (C=O) groups excluding carboxylic acids is 1. The van der Waals surface area contributed by atoms with Crippen molar-refractivity contribution >= 4 is 11.7 Å². The maximum absolute atomic E-state index is 12.7. The molecular formula is C22H18N4O2. The van der Waals surface area contributed by atoms with Crippen LogP contribution in [0.15, 0.2) is 85.1 Å². The van der Waals surface area contributed by atoms with Crippen LogP contribution in [-0.2, 0) is 0 Å². The highest BCUT2D eigenvalue weighted by atomic mass is 16.5. The van der Waals surface area contributed by atoms with Crippen LogP contribution in [0, 0.1) is 0 Å². The van der Waals surface area contributed by atoms with Crippen molar-refractivity contribution in [1.82, 2.24) is 14.8 Å². The number of ether oxygens (including phenoxy) is 1. The second-order valence-corrected chi connectivity index (χ2v) is 6.06. The van der Waals surface area contributed by atoms with Gasteiger partial charge in [0.25, 0.3) is 5.91 Å². The van der Waals surface area contributed by atoms with Crippen LogP contribution in [0.25, 0.3) is 17.1 Å². The van der Waals surface area contributed by atoms with Gasteiger partial charge < -0.3 is 10.1 Å². The molecule has 4 rings (SSSR count). The van der Waals surface area contributed by atoms with Crippen LogP contribution < -0.4 is 10.1 Å². The van der Waals surface area contributed by atoms with Crippen LogP contribution in [0.3, 0.4) is 0 Å². The predicted octanol–water partition coefficient (Wildman–Crippen LogP) is 4.20. The molecule has 1 amide bonds. The monoisotopic (exact) mass is 370 g/mol. The number of nitrogens with one attached hydrogen (secondary N) is 1. The molecule has 0 saturated carbocycles. The molecule has 2 aromatic heterocycles. The summed E-state index contributed by atoms with van der Waals surface area (Å²) in [6, 6.07) is 24.0. The maximum atomic E-state index is 12.7. The third-order valence-corrected chi connectivity index (χ3v) is 4.23. The molecule has 6 nitrogen and oxygen atoms in total. The quantitative estimate of drug-likeness (QED) is 0.572. The van der Waals surface area contributed by atoms with E-state index in [0.29, 0.717) is 22.8 Å². The van der Waals surface area contributed by atoms with Gasteiger partial charge in [0, 0.05) is 17.8 Å². The summed E-state index contributed by atoms with van der Waals surface area (Å²) in [5.41, 5.74) is 2.78. The Morgan fingerprint density at radius 3 is 2.36 bits per heavy atom. The van der Waals surface area contributed by atoms with Gasteiger partial charge in [0.05, 0.1) is 18.5 Å². The lowest BCUT2D eigenvalue weighted by molar-refractivity contribution is 0.102. The van der Waals surface area contributed by atoms with Gasteiger partial charge in [-0.25, -0.2) is 4.68 Å². The zero-order chi connectivity index (χ0) is 19.3. The molecule has 0 unspecified atom stereocenters. The number of amides is 1. The van der Waals surface area contributed by atoms with E-state index in [0.717, 1.165) is 11.4 Å². The van der Waals surface area contributed by atoms with Gasteiger partial charge in [0.2, 0.25) is 0 Å². The van der Waals surface area contributed by atoms with Crippen LogP contribution in [0.5, 0.6) is 5.75 Å². The Morgan fingerprint density at radius 2 is 1.68 bits per heavy atom. The lowest BCUT2D eigenvalue weighted by Crippen LogP contribution is -2.15. The Labute approximate surface area is 162 Å². The van der Waals surface area contributed by atoms with E-state index in [9.17, 15) is 4.79 Å². The molecule has 138 valence electrons. The molecule has 1 N–H and O–H groups in total. The number of nitrogens with zero attached hydrogens (tertiary/aromatic N) is 3. The van der Waals surface area contributed by atoms with Crippen molar-refractivity contribution in [3.63, 3.8) is 0 Å². The SMILES string of the molecule is COc1ccc(C(=O)Nc2cc(-c3ccccn3)nn2-c2ccccc2)cc1. The summed E-state index contributed by atoms with van der Waals surface area (Å²) in [5, 5.41) is 7.59. The predicted molar refractivity (Wildman–Crippen MR) is 108 cm³/mol. The van der Waals surface area contributed by atoms with Crippen LogP contribution in [0.1, 0.15) is 10.4 Å². The minimum atomic E-state index is -0.229. The first-order valence-electron chi connectivity index (χ1n) is 8.77. The number of hydrogen-bond acceptors (Lipinski definition) is 4. The minimum absolute atomic E-state index is 0.229. The zero-order valence-corrected chi connectivity index (χ0v) is 15.2. The maximum Gasteiger partial charge on any atom is 0.256 e. The molecule has 0 aliphatic rings. The first kappa shape index (κ1) is 17.5. The molecule has 4 aromatic rings. The van der Waals surface area contributed by atoms with Crippen LogP contribution in [-0.4, -0.2) is 27.8 Å². The highest BCUT2D eigenvalue weighted by Crippen LogP contribution is 2.24. The number of benzene rings is 2. The Kier molecular flexibility index (Phi) is 4.84. The third kappa shape index (κ3) is 3.61. The van der Waals surface area contributed by atoms with Crippen LogP contribution in [0.4, 0.5) is 5.82 Å². The molecule has 0 spiro atoms. The van der Waals surface area contributed by atoms with E-state index in [1.165, 1.54) is 0 Å². The fourth-order valence-corrected chi connectivity index (χ4v) is 2.81. The molecule has 0 fully saturated rings. The number of pyridine rings is 1. The summed E-state index contributed by atoms with van der Waals surface area (Å²) < 4.78 is 6.84. The fourth-order valence-electron chi connectivity index (χ4n) is 2.81. The summed E-state index contributed by atoms with van der Waals surface area (Å²) in [5.74, 6) is 1.03. The van der Waals surface area contributed by atoms with E-state index in [2.05, 4.69) is 15.4 Å². The van der Waals surface area contributed by atoms with Gasteiger partial charge in [-0.1, -0.05) is 24.3 Å². The molecule has 2 heterocycles. The van der Waals surface area contributed by atoms with Gasteiger partial charge >= 0.3 is 0 Å². The van der Waals surface area contributed by atoms with Gasteiger partial charge in [-0.15, -0.1) is 0 Å². The van der Waals surface area contributed by atoms with Crippen molar-refractivity contribution in [2.45, 2.75) is 0 Å². The average molecular weight is 370 g/mol. The lowest BCUT2D eigenvalue weighted by Gasteiger charge is -2.09. The molecule has 0 radical (unpaired) electrons. The first-order valence-corrected chi connectivity index (χ1v) is 8.77. The first-order chi connectivity index (χ1) is 13.7. The molecular weight excluding hydrogens is 352 g/mol. The average Bonchev–Trinajstić information content (AvgIpc) is 3.19. The number of hydrogen-bond donors (Lipinski definition) is 1. The third-order valence-electron chi connectivity index (χ3n) is 4.23. The van der Waals surface area contributed by atoms with Gasteiger partial charge in [-0.2, -0.15) is 5.10 Å². The van der Waals surface area contributed by atoms with E-state index in [-0.39, 0.29) is 5.91 Å². The number of carbonyl (C=O) groups is 1. The van der Waals surface area contributed by atoms with Crippen molar-refractivity contribution in [1.29, 1.82) is 0 Å². The molecule has 0 saturated heterocycles. The standard InChI is InChI=1S/C22H18N4O2/c1-28-18-12-10-16(11-13-18)22(27)24-21-15-20(19-9-5-6-14-23-19)25-26(21)17-7-3-2-4-8-17/h2-15H,1H3,(H,24,27). The highest BCUT2D eigenvalue weighted by molar-refractivity contribution is 6.04. The molecule has 0 atom stereocenters. The molecule has 0 aliphatic carbocycles. The Morgan fingerprint density at radius 1 is 0.929 bits per heavy atom. The summed E-state index contributed by atoms with van der Waals surface area (Å²) in [7, 11) is 1.59. The number of methoxy groups -OCH3 is 1. The Balaban J connectivity index is 1.70. The largest absolute Gasteiger partial charge is 0.497 e. The molecule has 6 heteroatoms. The van der Waals surface area contributed by atoms with Gasteiger partial charge in [0.15, 0.2) is 0 Å². The number of rotatable bonds is 5. The fraction of sp³-hybridized carbons (Fsp3) is 0.0455. The summed E-state index contributed by atoms with van der Waals surface area (Å²) in [6.07, 6.45) is 1.71. The minimum Gasteiger partial charge on any atom is -0.497 e. The second-order valence-electron chi connectivity index (χ2n) is 6.06. The zero-order valence-electron chi connectivity index (χ0n) is 15.2. The van der Waals surface area contributed by atoms with E-state index >= 15 is 0 Å². The van der Waals surface area contributed by atoms with Crippen molar-refractivity contribution in [2.24, 2.45) is 0 Å². The van der Waals surface area contributed by atoms with E-state index in [4.69, 9.17) is 4.74 Å². The number of para-hydroxylation sites is 1. The van der Waals surface area contributed by atoms with E-state index in [1.807, 2.05) is 54.6 Å². The van der Waals surface area contributed by atoms with Gasteiger partial charge in [-0.05, 0) is 48.5 Å². The number of aromatic nitrogens is 3. The molecule has 28 heavy (non-hydrogen) atoms. The normalized spacial score (nSPS) is 10.5. The van der Waals surface area contributed by atoms with Crippen molar-refractivity contribution in [3.8, 4) is 22.8 Å². The van der Waals surface area contributed by atoms with E-state index < -0.39 is 0 Å². The summed E-state index contributed by atoms with van der Waals surface area (Å²) in [4.78, 5) is 17.1. The van der Waals surface area contributed by atoms with Crippen molar-refractivity contribution < 1.29 is 9.53 Å². The smallest absolute Gasteiger partial charge is 0.256 e. The Bertz CT molecular complexity index is 1070. The molecule has 0 bridgehead atoms. The van der Waals surface area contributed by atoms with Gasteiger partial charge in [0.1, 0.15) is 17.3 Å². The Hall–Kier alpha value is -3.93. The summed E-state index contributed by atoms with van der Waals surface area (Å²) in [6.45, 7) is 0. The van der Waals surface area contributed by atoms with Crippen molar-refractivity contribution in [2.75, 3.05) is 12.4 Å². The van der Waals surface area contributed by atoms with Crippen molar-refractivity contribution in [3.05, 3.63) is 90.6 Å². The number of anilines is 1. The second kappa shape index (κ2) is 7.75. The molecule has 0 aliphatic heterocycles. The van der Waals surface area contributed by atoms with Gasteiger partial charge in [-0.3, -0.25) is 9.78 Å². The highest BCUT2D eigenvalue weighted by Gasteiger charge is 2.15. The van der Waals surface area contributed by atoms with Crippen LogP contribution in [0.2, 0.25) is 0 Å².